The van der Waals surface area contributed by atoms with Crippen LogP contribution in [-0.4, -0.2) is 36.4 Å². The smallest absolute Gasteiger partial charge is 0.320 e. The lowest BCUT2D eigenvalue weighted by Gasteiger charge is -2.18. The third-order valence-electron chi connectivity index (χ3n) is 3.92. The molecule has 0 heterocycles. The first kappa shape index (κ1) is 20.5. The maximum absolute atomic E-state index is 10.8. The SMILES string of the molecule is CC.CCCOC(CNc1ccc(CC(N)C(=O)O)cc1)C1CC1. The van der Waals surface area contributed by atoms with Gasteiger partial charge in [0.2, 0.25) is 0 Å². The molecule has 2 unspecified atom stereocenters. The molecule has 0 radical (unpaired) electrons. The Morgan fingerprint density at radius 1 is 1.33 bits per heavy atom. The van der Waals surface area contributed by atoms with E-state index in [-0.39, 0.29) is 0 Å². The minimum absolute atomic E-state index is 0.292. The molecule has 1 aliphatic rings. The molecule has 5 nitrogen and oxygen atoms in total. The molecule has 0 saturated heterocycles. The molecule has 24 heavy (non-hydrogen) atoms. The summed E-state index contributed by atoms with van der Waals surface area (Å²) in [6, 6.07) is 6.93. The van der Waals surface area contributed by atoms with E-state index in [4.69, 9.17) is 15.6 Å². The van der Waals surface area contributed by atoms with Crippen molar-refractivity contribution < 1.29 is 14.6 Å². The van der Waals surface area contributed by atoms with E-state index >= 15 is 0 Å². The van der Waals surface area contributed by atoms with Crippen molar-refractivity contribution in [1.29, 1.82) is 0 Å². The molecule has 1 aromatic rings. The van der Waals surface area contributed by atoms with Crippen molar-refractivity contribution in [3.63, 3.8) is 0 Å². The van der Waals surface area contributed by atoms with E-state index < -0.39 is 12.0 Å². The standard InChI is InChI=1S/C17H26N2O3.C2H6/c1-2-9-22-16(13-5-6-13)11-19-14-7-3-12(4-8-14)10-15(18)17(20)21;1-2/h3-4,7-8,13,15-16,19H,2,5-6,9-11,18H2,1H3,(H,20,21);1-2H3. The van der Waals surface area contributed by atoms with Crippen LogP contribution in [0.4, 0.5) is 5.69 Å². The maximum Gasteiger partial charge on any atom is 0.320 e. The Labute approximate surface area is 145 Å². The van der Waals surface area contributed by atoms with Crippen LogP contribution >= 0.6 is 0 Å². The second-order valence-electron chi connectivity index (χ2n) is 5.97. The minimum Gasteiger partial charge on any atom is -0.480 e. The molecule has 1 aliphatic carbocycles. The Kier molecular flexibility index (Phi) is 9.42. The van der Waals surface area contributed by atoms with E-state index in [1.807, 2.05) is 38.1 Å². The number of hydrogen-bond donors (Lipinski definition) is 3. The number of carboxylic acid groups (broad SMARTS) is 1. The fraction of sp³-hybridized carbons (Fsp3) is 0.632. The van der Waals surface area contributed by atoms with Crippen molar-refractivity contribution in [3.05, 3.63) is 29.8 Å². The third-order valence-corrected chi connectivity index (χ3v) is 3.92. The third kappa shape index (κ3) is 7.32. The molecule has 1 aromatic carbocycles. The Morgan fingerprint density at radius 2 is 1.96 bits per heavy atom. The molecule has 0 aliphatic heterocycles. The zero-order valence-electron chi connectivity index (χ0n) is 15.1. The van der Waals surface area contributed by atoms with Gasteiger partial charge in [0.1, 0.15) is 6.04 Å². The summed E-state index contributed by atoms with van der Waals surface area (Å²) < 4.78 is 5.90. The number of benzene rings is 1. The molecule has 0 bridgehead atoms. The lowest BCUT2D eigenvalue weighted by molar-refractivity contribution is -0.138. The number of hydrogen-bond acceptors (Lipinski definition) is 4. The molecule has 0 amide bonds. The topological polar surface area (TPSA) is 84.6 Å². The van der Waals surface area contributed by atoms with Gasteiger partial charge < -0.3 is 20.9 Å². The summed E-state index contributed by atoms with van der Waals surface area (Å²) >= 11 is 0. The summed E-state index contributed by atoms with van der Waals surface area (Å²) in [6.07, 6.45) is 4.21. The van der Waals surface area contributed by atoms with Crippen molar-refractivity contribution >= 4 is 11.7 Å². The van der Waals surface area contributed by atoms with Crippen LogP contribution < -0.4 is 11.1 Å². The number of rotatable bonds is 10. The lowest BCUT2D eigenvalue weighted by Crippen LogP contribution is -2.32. The van der Waals surface area contributed by atoms with Gasteiger partial charge >= 0.3 is 5.97 Å². The molecule has 136 valence electrons. The van der Waals surface area contributed by atoms with E-state index in [1.165, 1.54) is 12.8 Å². The summed E-state index contributed by atoms with van der Waals surface area (Å²) in [4.78, 5) is 10.8. The van der Waals surface area contributed by atoms with E-state index in [2.05, 4.69) is 12.2 Å². The summed E-state index contributed by atoms with van der Waals surface area (Å²) in [7, 11) is 0. The average Bonchev–Trinajstić information content (AvgIpc) is 3.43. The highest BCUT2D eigenvalue weighted by Gasteiger charge is 2.31. The molecule has 2 rings (SSSR count). The normalized spacial score (nSPS) is 15.8. The number of aliphatic carboxylic acids is 1. The fourth-order valence-corrected chi connectivity index (χ4v) is 2.42. The molecular weight excluding hydrogens is 304 g/mol. The highest BCUT2D eigenvalue weighted by atomic mass is 16.5. The Hall–Kier alpha value is -1.59. The first-order valence-electron chi connectivity index (χ1n) is 9.03. The van der Waals surface area contributed by atoms with Gasteiger partial charge in [-0.05, 0) is 49.3 Å². The van der Waals surface area contributed by atoms with Crippen molar-refractivity contribution in [2.75, 3.05) is 18.5 Å². The number of carboxylic acids is 1. The molecule has 4 N–H and O–H groups in total. The van der Waals surface area contributed by atoms with Crippen LogP contribution in [0.25, 0.3) is 0 Å². The molecule has 0 aromatic heterocycles. The van der Waals surface area contributed by atoms with Crippen molar-refractivity contribution in [2.45, 2.75) is 58.6 Å². The van der Waals surface area contributed by atoms with Crippen LogP contribution in [-0.2, 0) is 16.0 Å². The van der Waals surface area contributed by atoms with Gasteiger partial charge in [0.15, 0.2) is 0 Å². The van der Waals surface area contributed by atoms with Crippen molar-refractivity contribution in [2.24, 2.45) is 11.7 Å². The van der Waals surface area contributed by atoms with E-state index in [9.17, 15) is 4.79 Å². The average molecular weight is 336 g/mol. The maximum atomic E-state index is 10.8. The van der Waals surface area contributed by atoms with Crippen LogP contribution in [0.1, 0.15) is 45.6 Å². The van der Waals surface area contributed by atoms with Crippen molar-refractivity contribution in [3.8, 4) is 0 Å². The number of anilines is 1. The first-order valence-corrected chi connectivity index (χ1v) is 9.03. The highest BCUT2D eigenvalue weighted by Crippen LogP contribution is 2.34. The molecule has 2 atom stereocenters. The Morgan fingerprint density at radius 3 is 2.46 bits per heavy atom. The summed E-state index contributed by atoms with van der Waals surface area (Å²) in [5.41, 5.74) is 7.50. The van der Waals surface area contributed by atoms with Gasteiger partial charge in [-0.2, -0.15) is 0 Å². The fourth-order valence-electron chi connectivity index (χ4n) is 2.42. The van der Waals surface area contributed by atoms with Gasteiger partial charge in [0, 0.05) is 18.8 Å². The summed E-state index contributed by atoms with van der Waals surface area (Å²) in [5, 5.41) is 12.2. The molecule has 0 spiro atoms. The van der Waals surface area contributed by atoms with Crippen LogP contribution in [0, 0.1) is 5.92 Å². The monoisotopic (exact) mass is 336 g/mol. The lowest BCUT2D eigenvalue weighted by atomic mass is 10.1. The molecule has 5 heteroatoms. The molecular formula is C19H32N2O3. The first-order chi connectivity index (χ1) is 11.6. The zero-order valence-corrected chi connectivity index (χ0v) is 15.1. The van der Waals surface area contributed by atoms with Gasteiger partial charge in [-0.25, -0.2) is 0 Å². The van der Waals surface area contributed by atoms with E-state index in [0.717, 1.165) is 30.8 Å². The van der Waals surface area contributed by atoms with Gasteiger partial charge in [-0.15, -0.1) is 0 Å². The van der Waals surface area contributed by atoms with Gasteiger partial charge in [-0.1, -0.05) is 32.9 Å². The highest BCUT2D eigenvalue weighted by molar-refractivity contribution is 5.73. The van der Waals surface area contributed by atoms with Crippen LogP contribution in [0.15, 0.2) is 24.3 Å². The predicted molar refractivity (Wildman–Crippen MR) is 98.3 cm³/mol. The summed E-state index contributed by atoms with van der Waals surface area (Å²) in [5.74, 6) is -0.269. The van der Waals surface area contributed by atoms with Crippen LogP contribution in [0.2, 0.25) is 0 Å². The summed E-state index contributed by atoms with van der Waals surface area (Å²) in [6.45, 7) is 7.76. The predicted octanol–water partition coefficient (Wildman–Crippen LogP) is 3.28. The Bertz CT molecular complexity index is 472. The molecule has 1 fully saturated rings. The largest absolute Gasteiger partial charge is 0.480 e. The quantitative estimate of drug-likeness (QED) is 0.610. The number of nitrogens with two attached hydrogens (primary N) is 1. The Balaban J connectivity index is 0.00000139. The van der Waals surface area contributed by atoms with Crippen LogP contribution in [0.5, 0.6) is 0 Å². The van der Waals surface area contributed by atoms with Gasteiger partial charge in [-0.3, -0.25) is 4.79 Å². The van der Waals surface area contributed by atoms with Crippen molar-refractivity contribution in [1.82, 2.24) is 0 Å². The zero-order chi connectivity index (χ0) is 17.9. The molecule has 1 saturated carbocycles. The second kappa shape index (κ2) is 11.0. The van der Waals surface area contributed by atoms with E-state index in [1.54, 1.807) is 0 Å². The van der Waals surface area contributed by atoms with Gasteiger partial charge in [0.05, 0.1) is 6.10 Å². The number of carbonyl (C=O) groups is 1. The van der Waals surface area contributed by atoms with Gasteiger partial charge in [0.25, 0.3) is 0 Å². The van der Waals surface area contributed by atoms with Crippen LogP contribution in [0.3, 0.4) is 0 Å². The van der Waals surface area contributed by atoms with E-state index in [0.29, 0.717) is 18.4 Å². The number of ether oxygens (including phenoxy) is 1. The second-order valence-corrected chi connectivity index (χ2v) is 5.97. The number of nitrogens with one attached hydrogen (secondary N) is 1. The minimum atomic E-state index is -0.970.